The van der Waals surface area contributed by atoms with Gasteiger partial charge in [-0.15, -0.1) is 0 Å². The Hall–Kier alpha value is -2.99. The molecule has 0 atom stereocenters. The van der Waals surface area contributed by atoms with Crippen LogP contribution >= 0.6 is 0 Å². The van der Waals surface area contributed by atoms with E-state index in [-0.39, 0.29) is 17.6 Å². The van der Waals surface area contributed by atoms with Crippen molar-refractivity contribution in [2.45, 2.75) is 6.04 Å². The van der Waals surface area contributed by atoms with Gasteiger partial charge in [-0.25, -0.2) is 4.63 Å². The van der Waals surface area contributed by atoms with Crippen LogP contribution in [0.3, 0.4) is 0 Å². The van der Waals surface area contributed by atoms with Gasteiger partial charge in [-0.05, 0) is 16.3 Å². The average molecular weight is 348 g/mol. The highest BCUT2D eigenvalue weighted by molar-refractivity contribution is 5.91. The second kappa shape index (κ2) is 7.49. The van der Waals surface area contributed by atoms with Gasteiger partial charge in [0.25, 0.3) is 5.91 Å². The number of nitrogens with zero attached hydrogens (tertiary/aromatic N) is 4. The second-order valence-corrected chi connectivity index (χ2v) is 6.34. The molecule has 0 spiro atoms. The number of carbonyl (C=O) groups excluding carboxylic acids is 1. The molecule has 0 bridgehead atoms. The Balaban J connectivity index is 1.52. The Labute approximate surface area is 152 Å². The van der Waals surface area contributed by atoms with E-state index in [1.165, 1.54) is 17.3 Å². The lowest BCUT2D eigenvalue weighted by atomic mass is 9.96. The van der Waals surface area contributed by atoms with Gasteiger partial charge in [-0.2, -0.15) is 0 Å². The molecule has 1 aliphatic rings. The maximum Gasteiger partial charge on any atom is 0.277 e. The molecule has 0 unspecified atom stereocenters. The van der Waals surface area contributed by atoms with Crippen LogP contribution in [0.15, 0.2) is 71.5 Å². The van der Waals surface area contributed by atoms with Crippen molar-refractivity contribution in [1.82, 2.24) is 20.1 Å². The van der Waals surface area contributed by atoms with Crippen LogP contribution in [0.1, 0.15) is 27.7 Å². The molecule has 0 aliphatic carbocycles. The number of carbonyl (C=O) groups is 1. The number of hydrogen-bond donors (Lipinski definition) is 0. The van der Waals surface area contributed by atoms with Gasteiger partial charge in [-0.1, -0.05) is 65.8 Å². The summed E-state index contributed by atoms with van der Waals surface area (Å²) in [5.74, 6) is -0.123. The summed E-state index contributed by atoms with van der Waals surface area (Å²) in [5, 5.41) is 7.17. The smallest absolute Gasteiger partial charge is 0.277 e. The van der Waals surface area contributed by atoms with Gasteiger partial charge in [0.05, 0.1) is 6.04 Å². The summed E-state index contributed by atoms with van der Waals surface area (Å²) in [7, 11) is 0. The van der Waals surface area contributed by atoms with Gasteiger partial charge in [0.1, 0.15) is 6.20 Å². The minimum absolute atomic E-state index is 0.123. The van der Waals surface area contributed by atoms with Gasteiger partial charge >= 0.3 is 0 Å². The molecule has 2 heterocycles. The van der Waals surface area contributed by atoms with E-state index < -0.39 is 0 Å². The highest BCUT2D eigenvalue weighted by atomic mass is 16.6. The Kier molecular flexibility index (Phi) is 4.75. The minimum Gasteiger partial charge on any atom is -0.335 e. The van der Waals surface area contributed by atoms with Crippen LogP contribution in [0.2, 0.25) is 0 Å². The number of amides is 1. The molecule has 1 aliphatic heterocycles. The summed E-state index contributed by atoms with van der Waals surface area (Å²) in [4.78, 5) is 16.7. The van der Waals surface area contributed by atoms with Crippen molar-refractivity contribution in [3.05, 3.63) is 83.7 Å². The van der Waals surface area contributed by atoms with Crippen LogP contribution in [0.25, 0.3) is 0 Å². The first kappa shape index (κ1) is 16.5. The van der Waals surface area contributed by atoms with E-state index in [1.807, 2.05) is 17.0 Å². The van der Waals surface area contributed by atoms with Crippen molar-refractivity contribution < 1.29 is 9.42 Å². The molecule has 26 heavy (non-hydrogen) atoms. The first-order valence-electron chi connectivity index (χ1n) is 8.74. The third-order valence-corrected chi connectivity index (χ3v) is 4.78. The molecule has 6 heteroatoms. The van der Waals surface area contributed by atoms with Crippen molar-refractivity contribution in [3.8, 4) is 0 Å². The average Bonchev–Trinajstić information content (AvgIpc) is 3.25. The number of rotatable bonds is 4. The SMILES string of the molecule is O=C(c1cnon1)N1CCN(C(c2ccccc2)c2ccccc2)CC1. The summed E-state index contributed by atoms with van der Waals surface area (Å²) in [6, 6.07) is 21.2. The number of hydrogen-bond acceptors (Lipinski definition) is 5. The highest BCUT2D eigenvalue weighted by Crippen LogP contribution is 2.29. The quantitative estimate of drug-likeness (QED) is 0.725. The monoisotopic (exact) mass is 348 g/mol. The van der Waals surface area contributed by atoms with Crippen molar-refractivity contribution in [2.24, 2.45) is 0 Å². The van der Waals surface area contributed by atoms with Gasteiger partial charge in [0.15, 0.2) is 5.69 Å². The lowest BCUT2D eigenvalue weighted by Gasteiger charge is -2.39. The molecule has 2 aromatic carbocycles. The van der Waals surface area contributed by atoms with Crippen LogP contribution in [0.5, 0.6) is 0 Å². The maximum atomic E-state index is 12.4. The standard InChI is InChI=1S/C20H20N4O2/c25-20(18-15-21-26-22-18)24-13-11-23(12-14-24)19(16-7-3-1-4-8-16)17-9-5-2-6-10-17/h1-10,15,19H,11-14H2. The van der Waals surface area contributed by atoms with E-state index in [4.69, 9.17) is 0 Å². The first-order valence-corrected chi connectivity index (χ1v) is 8.74. The number of benzene rings is 2. The summed E-state index contributed by atoms with van der Waals surface area (Å²) in [5.41, 5.74) is 2.79. The third kappa shape index (κ3) is 3.36. The van der Waals surface area contributed by atoms with Crippen LogP contribution in [-0.4, -0.2) is 52.2 Å². The Morgan fingerprint density at radius 3 is 1.96 bits per heavy atom. The fourth-order valence-electron chi connectivity index (χ4n) is 3.49. The minimum atomic E-state index is -0.123. The zero-order chi connectivity index (χ0) is 17.8. The fraction of sp³-hybridized carbons (Fsp3) is 0.250. The van der Waals surface area contributed by atoms with Gasteiger partial charge in [-0.3, -0.25) is 9.69 Å². The van der Waals surface area contributed by atoms with Crippen molar-refractivity contribution in [2.75, 3.05) is 26.2 Å². The molecule has 1 aromatic heterocycles. The first-order chi connectivity index (χ1) is 12.8. The predicted octanol–water partition coefficient (Wildman–Crippen LogP) is 2.62. The van der Waals surface area contributed by atoms with Gasteiger partial charge in [0.2, 0.25) is 0 Å². The zero-order valence-electron chi connectivity index (χ0n) is 14.4. The Morgan fingerprint density at radius 1 is 0.885 bits per heavy atom. The van der Waals surface area contributed by atoms with E-state index in [1.54, 1.807) is 0 Å². The summed E-state index contributed by atoms with van der Waals surface area (Å²) in [6.45, 7) is 2.90. The molecular formula is C20H20N4O2. The number of aromatic nitrogens is 2. The molecule has 0 saturated carbocycles. The maximum absolute atomic E-state index is 12.4. The van der Waals surface area contributed by atoms with E-state index >= 15 is 0 Å². The van der Waals surface area contributed by atoms with Crippen molar-refractivity contribution in [3.63, 3.8) is 0 Å². The lowest BCUT2D eigenvalue weighted by Crippen LogP contribution is -2.50. The van der Waals surface area contributed by atoms with Gasteiger partial charge < -0.3 is 4.90 Å². The molecule has 6 nitrogen and oxygen atoms in total. The van der Waals surface area contributed by atoms with Crippen LogP contribution < -0.4 is 0 Å². The predicted molar refractivity (Wildman–Crippen MR) is 96.5 cm³/mol. The van der Waals surface area contributed by atoms with Crippen LogP contribution in [-0.2, 0) is 0 Å². The lowest BCUT2D eigenvalue weighted by molar-refractivity contribution is 0.0587. The van der Waals surface area contributed by atoms with E-state index in [9.17, 15) is 4.79 Å². The molecule has 0 N–H and O–H groups in total. The molecular weight excluding hydrogens is 328 g/mol. The molecule has 4 rings (SSSR count). The molecule has 1 saturated heterocycles. The third-order valence-electron chi connectivity index (χ3n) is 4.78. The van der Waals surface area contributed by atoms with E-state index in [2.05, 4.69) is 68.4 Å². The van der Waals surface area contributed by atoms with E-state index in [0.29, 0.717) is 13.1 Å². The summed E-state index contributed by atoms with van der Waals surface area (Å²) < 4.78 is 4.54. The topological polar surface area (TPSA) is 62.5 Å². The molecule has 132 valence electrons. The van der Waals surface area contributed by atoms with Gasteiger partial charge in [0, 0.05) is 26.2 Å². The summed E-state index contributed by atoms with van der Waals surface area (Å²) >= 11 is 0. The Morgan fingerprint density at radius 2 is 1.46 bits per heavy atom. The normalized spacial score (nSPS) is 15.3. The second-order valence-electron chi connectivity index (χ2n) is 6.34. The van der Waals surface area contributed by atoms with Crippen LogP contribution in [0, 0.1) is 0 Å². The largest absolute Gasteiger partial charge is 0.335 e. The van der Waals surface area contributed by atoms with Crippen LogP contribution in [0.4, 0.5) is 0 Å². The zero-order valence-corrected chi connectivity index (χ0v) is 14.4. The van der Waals surface area contributed by atoms with E-state index in [0.717, 1.165) is 13.1 Å². The van der Waals surface area contributed by atoms with Crippen molar-refractivity contribution >= 4 is 5.91 Å². The molecule has 1 amide bonds. The Bertz CT molecular complexity index is 789. The molecule has 1 fully saturated rings. The highest BCUT2D eigenvalue weighted by Gasteiger charge is 2.29. The number of piperazine rings is 1. The molecule has 3 aromatic rings. The fourth-order valence-corrected chi connectivity index (χ4v) is 3.49. The van der Waals surface area contributed by atoms with Crippen molar-refractivity contribution in [1.29, 1.82) is 0 Å². The molecule has 0 radical (unpaired) electrons. The summed E-state index contributed by atoms with van der Waals surface area (Å²) in [6.07, 6.45) is 1.37.